The van der Waals surface area contributed by atoms with Crippen molar-refractivity contribution in [3.05, 3.63) is 98.3 Å². The number of aryl methyl sites for hydroxylation is 1. The number of nitrogens with zero attached hydrogens (tertiary/aromatic N) is 3. The molecule has 0 N–H and O–H groups in total. The molecule has 1 heterocycles. The van der Waals surface area contributed by atoms with E-state index in [4.69, 9.17) is 16.6 Å². The Morgan fingerprint density at radius 1 is 1.03 bits per heavy atom. The van der Waals surface area contributed by atoms with Gasteiger partial charge in [-0.1, -0.05) is 48.0 Å². The van der Waals surface area contributed by atoms with Crippen LogP contribution in [0, 0.1) is 3.57 Å². The molecule has 4 rings (SSSR count). The summed E-state index contributed by atoms with van der Waals surface area (Å²) in [5.41, 5.74) is 3.57. The quantitative estimate of drug-likeness (QED) is 0.321. The van der Waals surface area contributed by atoms with E-state index in [9.17, 15) is 4.79 Å². The minimum absolute atomic E-state index is 0.0162. The third-order valence-corrected chi connectivity index (χ3v) is 5.75. The second-order valence-corrected chi connectivity index (χ2v) is 8.56. The number of benzene rings is 3. The zero-order valence-electron chi connectivity index (χ0n) is 15.8. The van der Waals surface area contributed by atoms with Crippen LogP contribution in [0.2, 0.25) is 5.02 Å². The molecule has 1 aromatic heterocycles. The lowest BCUT2D eigenvalue weighted by molar-refractivity contribution is 0.0724. The van der Waals surface area contributed by atoms with Crippen LogP contribution in [0.15, 0.2) is 72.8 Å². The predicted molar refractivity (Wildman–Crippen MR) is 125 cm³/mol. The normalized spacial score (nSPS) is 11.0. The zero-order valence-corrected chi connectivity index (χ0v) is 18.8. The lowest BCUT2D eigenvalue weighted by Gasteiger charge is -2.23. The van der Waals surface area contributed by atoms with E-state index in [1.54, 1.807) is 0 Å². The highest BCUT2D eigenvalue weighted by Gasteiger charge is 2.20. The number of amides is 1. The average Bonchev–Trinajstić information content (AvgIpc) is 3.03. The van der Waals surface area contributed by atoms with Gasteiger partial charge in [-0.3, -0.25) is 4.79 Å². The minimum atomic E-state index is -0.0162. The maximum Gasteiger partial charge on any atom is 0.254 e. The minimum Gasteiger partial charge on any atom is -0.330 e. The molecule has 1 amide bonds. The summed E-state index contributed by atoms with van der Waals surface area (Å²) < 4.78 is 3.03. The van der Waals surface area contributed by atoms with Crippen molar-refractivity contribution in [2.45, 2.75) is 13.1 Å². The molecule has 4 nitrogen and oxygen atoms in total. The molecule has 0 saturated heterocycles. The number of aromatic nitrogens is 2. The topological polar surface area (TPSA) is 38.1 Å². The van der Waals surface area contributed by atoms with Gasteiger partial charge in [-0.25, -0.2) is 4.98 Å². The van der Waals surface area contributed by atoms with E-state index < -0.39 is 0 Å². The predicted octanol–water partition coefficient (Wildman–Crippen LogP) is 5.67. The average molecular weight is 516 g/mol. The third-order valence-electron chi connectivity index (χ3n) is 4.84. The molecule has 0 aliphatic carbocycles. The highest BCUT2D eigenvalue weighted by Crippen LogP contribution is 2.22. The highest BCUT2D eigenvalue weighted by atomic mass is 127. The number of fused-ring (bicyclic) bond motifs is 1. The summed E-state index contributed by atoms with van der Waals surface area (Å²) in [6.45, 7) is 0.914. The fraction of sp³-hybridized carbons (Fsp3) is 0.130. The summed E-state index contributed by atoms with van der Waals surface area (Å²) in [6.07, 6.45) is 0. The number of hydrogen-bond acceptors (Lipinski definition) is 2. The van der Waals surface area contributed by atoms with Gasteiger partial charge in [0.15, 0.2) is 0 Å². The van der Waals surface area contributed by atoms with E-state index in [2.05, 4.69) is 22.6 Å². The van der Waals surface area contributed by atoms with Gasteiger partial charge in [0.25, 0.3) is 5.91 Å². The molecule has 29 heavy (non-hydrogen) atoms. The molecule has 6 heteroatoms. The first kappa shape index (κ1) is 19.9. The summed E-state index contributed by atoms with van der Waals surface area (Å²) in [5.74, 6) is 0.801. The van der Waals surface area contributed by atoms with Crippen LogP contribution in [0.1, 0.15) is 21.7 Å². The van der Waals surface area contributed by atoms with Crippen LogP contribution in [-0.2, 0) is 20.1 Å². The van der Waals surface area contributed by atoms with E-state index in [-0.39, 0.29) is 5.91 Å². The SMILES string of the molecule is Cn1c(CN(Cc2ccccc2)C(=O)c2cccc(I)c2)nc2ccc(Cl)cc21. The number of carbonyl (C=O) groups is 1. The van der Waals surface area contributed by atoms with Gasteiger partial charge in [-0.15, -0.1) is 0 Å². The first-order valence-electron chi connectivity index (χ1n) is 9.21. The van der Waals surface area contributed by atoms with Gasteiger partial charge < -0.3 is 9.47 Å². The summed E-state index contributed by atoms with van der Waals surface area (Å²) in [7, 11) is 1.96. The Labute approximate surface area is 188 Å². The van der Waals surface area contributed by atoms with Crippen molar-refractivity contribution in [1.29, 1.82) is 0 Å². The van der Waals surface area contributed by atoms with E-state index in [0.717, 1.165) is 26.0 Å². The molecule has 0 fully saturated rings. The lowest BCUT2D eigenvalue weighted by atomic mass is 10.1. The summed E-state index contributed by atoms with van der Waals surface area (Å²) in [5, 5.41) is 0.670. The van der Waals surface area contributed by atoms with Crippen LogP contribution >= 0.6 is 34.2 Å². The summed E-state index contributed by atoms with van der Waals surface area (Å²) >= 11 is 8.38. The van der Waals surface area contributed by atoms with Gasteiger partial charge in [-0.2, -0.15) is 0 Å². The molecule has 0 aliphatic heterocycles. The molecular weight excluding hydrogens is 497 g/mol. The van der Waals surface area contributed by atoms with Crippen LogP contribution in [0.5, 0.6) is 0 Å². The number of halogens is 2. The number of hydrogen-bond donors (Lipinski definition) is 0. The van der Waals surface area contributed by atoms with Gasteiger partial charge in [0.1, 0.15) is 5.82 Å². The fourth-order valence-electron chi connectivity index (χ4n) is 3.33. The Bertz CT molecular complexity index is 1170. The third kappa shape index (κ3) is 4.46. The molecule has 0 radical (unpaired) electrons. The van der Waals surface area contributed by atoms with Crippen LogP contribution in [-0.4, -0.2) is 20.4 Å². The Morgan fingerprint density at radius 3 is 2.59 bits per heavy atom. The monoisotopic (exact) mass is 515 g/mol. The van der Waals surface area contributed by atoms with Crippen molar-refractivity contribution in [2.75, 3.05) is 0 Å². The maximum absolute atomic E-state index is 13.4. The molecule has 3 aromatic carbocycles. The van der Waals surface area contributed by atoms with Crippen LogP contribution < -0.4 is 0 Å². The van der Waals surface area contributed by atoms with E-state index in [0.29, 0.717) is 23.7 Å². The maximum atomic E-state index is 13.4. The molecular formula is C23H19ClIN3O. The Balaban J connectivity index is 1.70. The molecule has 0 atom stereocenters. The molecule has 0 unspecified atom stereocenters. The summed E-state index contributed by atoms with van der Waals surface area (Å²) in [6, 6.07) is 23.3. The molecule has 0 spiro atoms. The van der Waals surface area contributed by atoms with E-state index in [1.165, 1.54) is 0 Å². The van der Waals surface area contributed by atoms with Crippen LogP contribution in [0.25, 0.3) is 11.0 Å². The van der Waals surface area contributed by atoms with Crippen molar-refractivity contribution in [3.8, 4) is 0 Å². The second kappa shape index (κ2) is 8.55. The first-order chi connectivity index (χ1) is 14.0. The number of carbonyl (C=O) groups excluding carboxylic acids is 1. The molecule has 0 bridgehead atoms. The molecule has 0 saturated carbocycles. The van der Waals surface area contributed by atoms with Crippen molar-refractivity contribution < 1.29 is 4.79 Å². The van der Waals surface area contributed by atoms with Gasteiger partial charge in [0.05, 0.1) is 17.6 Å². The van der Waals surface area contributed by atoms with Crippen LogP contribution in [0.4, 0.5) is 0 Å². The number of imidazole rings is 1. The van der Waals surface area contributed by atoms with Crippen molar-refractivity contribution in [2.24, 2.45) is 7.05 Å². The van der Waals surface area contributed by atoms with E-state index >= 15 is 0 Å². The highest BCUT2D eigenvalue weighted by molar-refractivity contribution is 14.1. The number of rotatable bonds is 5. The molecule has 146 valence electrons. The smallest absolute Gasteiger partial charge is 0.254 e. The van der Waals surface area contributed by atoms with Gasteiger partial charge in [-0.05, 0) is 64.6 Å². The summed E-state index contributed by atoms with van der Waals surface area (Å²) in [4.78, 5) is 19.9. The largest absolute Gasteiger partial charge is 0.330 e. The Morgan fingerprint density at radius 2 is 1.83 bits per heavy atom. The molecule has 0 aliphatic rings. The Hall–Kier alpha value is -2.38. The Kier molecular flexibility index (Phi) is 5.87. The van der Waals surface area contributed by atoms with Crippen LogP contribution in [0.3, 0.4) is 0 Å². The van der Waals surface area contributed by atoms with E-state index in [1.807, 2.05) is 89.3 Å². The second-order valence-electron chi connectivity index (χ2n) is 6.88. The van der Waals surface area contributed by atoms with Gasteiger partial charge in [0.2, 0.25) is 0 Å². The van der Waals surface area contributed by atoms with Crippen molar-refractivity contribution in [1.82, 2.24) is 14.5 Å². The van der Waals surface area contributed by atoms with Gasteiger partial charge >= 0.3 is 0 Å². The standard InChI is InChI=1S/C23H19ClIN3O/c1-27-21-13-18(24)10-11-20(21)26-22(27)15-28(14-16-6-3-2-4-7-16)23(29)17-8-5-9-19(25)12-17/h2-13H,14-15H2,1H3. The van der Waals surface area contributed by atoms with Crippen molar-refractivity contribution >= 4 is 51.1 Å². The molecule has 4 aromatic rings. The zero-order chi connectivity index (χ0) is 20.4. The van der Waals surface area contributed by atoms with Crippen molar-refractivity contribution in [3.63, 3.8) is 0 Å². The first-order valence-corrected chi connectivity index (χ1v) is 10.7. The lowest BCUT2D eigenvalue weighted by Crippen LogP contribution is -2.31. The van der Waals surface area contributed by atoms with Gasteiger partial charge in [0, 0.05) is 27.7 Å². The fourth-order valence-corrected chi connectivity index (χ4v) is 4.04.